The quantitative estimate of drug-likeness (QED) is 0.781. The van der Waals surface area contributed by atoms with Crippen molar-refractivity contribution in [2.75, 3.05) is 13.1 Å². The number of nitrogens with zero attached hydrogens (tertiary/aromatic N) is 2. The van der Waals surface area contributed by atoms with Crippen LogP contribution in [0, 0.1) is 5.41 Å². The smallest absolute Gasteiger partial charge is 0.255 e. The van der Waals surface area contributed by atoms with E-state index in [1.54, 1.807) is 12.3 Å². The Hall–Kier alpha value is -1.09. The van der Waals surface area contributed by atoms with E-state index in [2.05, 4.69) is 18.8 Å². The van der Waals surface area contributed by atoms with Crippen LogP contribution in [0.4, 0.5) is 0 Å². The SMILES string of the molecule is CC1(C)CCCN(C(=O)c2ccncc2Cl)CC1. The van der Waals surface area contributed by atoms with Crippen LogP contribution < -0.4 is 0 Å². The molecular formula is C14H19ClN2O. The Kier molecular flexibility index (Phi) is 3.91. The van der Waals surface area contributed by atoms with E-state index in [0.29, 0.717) is 16.0 Å². The molecule has 0 aromatic carbocycles. The Morgan fingerprint density at radius 2 is 2.17 bits per heavy atom. The normalized spacial score (nSPS) is 19.4. The lowest BCUT2D eigenvalue weighted by atomic mass is 9.85. The van der Waals surface area contributed by atoms with Gasteiger partial charge in [0.15, 0.2) is 0 Å². The molecule has 4 heteroatoms. The second-order valence-corrected chi connectivity index (χ2v) is 6.07. The van der Waals surface area contributed by atoms with Crippen molar-refractivity contribution in [1.82, 2.24) is 9.88 Å². The Balaban J connectivity index is 2.13. The number of halogens is 1. The number of carbonyl (C=O) groups excluding carboxylic acids is 1. The molecule has 1 fully saturated rings. The summed E-state index contributed by atoms with van der Waals surface area (Å²) in [6, 6.07) is 1.70. The lowest BCUT2D eigenvalue weighted by molar-refractivity contribution is 0.0757. The second-order valence-electron chi connectivity index (χ2n) is 5.67. The Labute approximate surface area is 113 Å². The molecular weight excluding hydrogens is 248 g/mol. The molecule has 0 aliphatic carbocycles. The fourth-order valence-electron chi connectivity index (χ4n) is 2.34. The minimum atomic E-state index is 0.0279. The van der Waals surface area contributed by atoms with Crippen LogP contribution in [0.1, 0.15) is 43.5 Å². The maximum Gasteiger partial charge on any atom is 0.255 e. The predicted octanol–water partition coefficient (Wildman–Crippen LogP) is 3.39. The molecule has 1 aliphatic rings. The van der Waals surface area contributed by atoms with Crippen molar-refractivity contribution in [2.24, 2.45) is 5.41 Å². The zero-order valence-electron chi connectivity index (χ0n) is 10.9. The summed E-state index contributed by atoms with van der Waals surface area (Å²) >= 11 is 6.03. The van der Waals surface area contributed by atoms with Crippen molar-refractivity contribution in [1.29, 1.82) is 0 Å². The largest absolute Gasteiger partial charge is 0.339 e. The average Bonchev–Trinajstić information content (AvgIpc) is 2.50. The van der Waals surface area contributed by atoms with Gasteiger partial charge in [0.2, 0.25) is 0 Å². The zero-order chi connectivity index (χ0) is 13.2. The molecule has 1 aromatic rings. The number of hydrogen-bond donors (Lipinski definition) is 0. The van der Waals surface area contributed by atoms with Gasteiger partial charge in [0.1, 0.15) is 0 Å². The minimum Gasteiger partial charge on any atom is -0.339 e. The van der Waals surface area contributed by atoms with Crippen LogP contribution in [0.25, 0.3) is 0 Å². The maximum atomic E-state index is 12.4. The molecule has 0 atom stereocenters. The molecule has 2 heterocycles. The molecule has 1 saturated heterocycles. The summed E-state index contributed by atoms with van der Waals surface area (Å²) in [7, 11) is 0. The standard InChI is InChI=1S/C14H19ClN2O/c1-14(2)5-3-8-17(9-6-14)13(18)11-4-7-16-10-12(11)15/h4,7,10H,3,5-6,8-9H2,1-2H3. The van der Waals surface area contributed by atoms with Gasteiger partial charge in [0.25, 0.3) is 5.91 Å². The number of rotatable bonds is 1. The van der Waals surface area contributed by atoms with Crippen LogP contribution >= 0.6 is 11.6 Å². The summed E-state index contributed by atoms with van der Waals surface area (Å²) in [5, 5.41) is 0.436. The highest BCUT2D eigenvalue weighted by Gasteiger charge is 2.26. The molecule has 0 spiro atoms. The van der Waals surface area contributed by atoms with E-state index in [0.717, 1.165) is 25.9 Å². The van der Waals surface area contributed by atoms with Gasteiger partial charge in [-0.05, 0) is 30.7 Å². The first kappa shape index (κ1) is 13.3. The fraction of sp³-hybridized carbons (Fsp3) is 0.571. The number of pyridine rings is 1. The average molecular weight is 267 g/mol. The van der Waals surface area contributed by atoms with Crippen LogP contribution in [-0.2, 0) is 0 Å². The Morgan fingerprint density at radius 1 is 1.39 bits per heavy atom. The molecule has 1 aromatic heterocycles. The lowest BCUT2D eigenvalue weighted by Gasteiger charge is -2.23. The number of aromatic nitrogens is 1. The number of amides is 1. The van der Waals surface area contributed by atoms with Gasteiger partial charge in [-0.3, -0.25) is 9.78 Å². The summed E-state index contributed by atoms with van der Waals surface area (Å²) in [5.74, 6) is 0.0279. The van der Waals surface area contributed by atoms with Crippen molar-refractivity contribution in [2.45, 2.75) is 33.1 Å². The van der Waals surface area contributed by atoms with Crippen molar-refractivity contribution in [3.63, 3.8) is 0 Å². The molecule has 2 rings (SSSR count). The van der Waals surface area contributed by atoms with Gasteiger partial charge >= 0.3 is 0 Å². The molecule has 0 radical (unpaired) electrons. The van der Waals surface area contributed by atoms with E-state index in [9.17, 15) is 4.79 Å². The predicted molar refractivity (Wildman–Crippen MR) is 72.8 cm³/mol. The van der Waals surface area contributed by atoms with Crippen LogP contribution in [0.3, 0.4) is 0 Å². The summed E-state index contributed by atoms with van der Waals surface area (Å²) in [4.78, 5) is 18.2. The summed E-state index contributed by atoms with van der Waals surface area (Å²) < 4.78 is 0. The minimum absolute atomic E-state index is 0.0279. The van der Waals surface area contributed by atoms with Crippen molar-refractivity contribution < 1.29 is 4.79 Å². The van der Waals surface area contributed by atoms with Gasteiger partial charge in [-0.1, -0.05) is 25.4 Å². The molecule has 0 unspecified atom stereocenters. The highest BCUT2D eigenvalue weighted by Crippen LogP contribution is 2.30. The van der Waals surface area contributed by atoms with E-state index < -0.39 is 0 Å². The first-order chi connectivity index (χ1) is 8.49. The zero-order valence-corrected chi connectivity index (χ0v) is 11.7. The lowest BCUT2D eigenvalue weighted by Crippen LogP contribution is -2.32. The molecule has 0 bridgehead atoms. The summed E-state index contributed by atoms with van der Waals surface area (Å²) in [6.45, 7) is 6.16. The first-order valence-electron chi connectivity index (χ1n) is 6.38. The molecule has 3 nitrogen and oxygen atoms in total. The van der Waals surface area contributed by atoms with E-state index in [1.807, 2.05) is 4.90 Å². The molecule has 1 amide bonds. The van der Waals surface area contributed by atoms with E-state index >= 15 is 0 Å². The first-order valence-corrected chi connectivity index (χ1v) is 6.76. The van der Waals surface area contributed by atoms with E-state index in [-0.39, 0.29) is 5.91 Å². The van der Waals surface area contributed by atoms with E-state index in [4.69, 9.17) is 11.6 Å². The van der Waals surface area contributed by atoms with E-state index in [1.165, 1.54) is 12.6 Å². The monoisotopic (exact) mass is 266 g/mol. The number of carbonyl (C=O) groups is 1. The van der Waals surface area contributed by atoms with Gasteiger partial charge < -0.3 is 4.90 Å². The highest BCUT2D eigenvalue weighted by atomic mass is 35.5. The van der Waals surface area contributed by atoms with Crippen molar-refractivity contribution in [3.8, 4) is 0 Å². The molecule has 1 aliphatic heterocycles. The molecule has 18 heavy (non-hydrogen) atoms. The number of hydrogen-bond acceptors (Lipinski definition) is 2. The maximum absolute atomic E-state index is 12.4. The van der Waals surface area contributed by atoms with Gasteiger partial charge in [-0.2, -0.15) is 0 Å². The van der Waals surface area contributed by atoms with Crippen LogP contribution in [0.2, 0.25) is 5.02 Å². The Morgan fingerprint density at radius 3 is 2.89 bits per heavy atom. The van der Waals surface area contributed by atoms with Crippen LogP contribution in [0.5, 0.6) is 0 Å². The second kappa shape index (κ2) is 5.27. The third-order valence-corrected chi connectivity index (χ3v) is 3.93. The van der Waals surface area contributed by atoms with Gasteiger partial charge in [0, 0.05) is 25.5 Å². The highest BCUT2D eigenvalue weighted by molar-refractivity contribution is 6.33. The third-order valence-electron chi connectivity index (χ3n) is 3.63. The van der Waals surface area contributed by atoms with Gasteiger partial charge in [-0.15, -0.1) is 0 Å². The molecule has 0 N–H and O–H groups in total. The van der Waals surface area contributed by atoms with Crippen LogP contribution in [-0.4, -0.2) is 28.9 Å². The summed E-state index contributed by atoms with van der Waals surface area (Å²) in [5.41, 5.74) is 0.892. The molecule has 0 saturated carbocycles. The van der Waals surface area contributed by atoms with Gasteiger partial charge in [-0.25, -0.2) is 0 Å². The third kappa shape index (κ3) is 3.02. The number of likely N-dealkylation sites (tertiary alicyclic amines) is 1. The topological polar surface area (TPSA) is 33.2 Å². The molecule has 98 valence electrons. The Bertz CT molecular complexity index is 445. The van der Waals surface area contributed by atoms with Crippen molar-refractivity contribution >= 4 is 17.5 Å². The van der Waals surface area contributed by atoms with Crippen LogP contribution in [0.15, 0.2) is 18.5 Å². The van der Waals surface area contributed by atoms with Crippen molar-refractivity contribution in [3.05, 3.63) is 29.0 Å². The summed E-state index contributed by atoms with van der Waals surface area (Å²) in [6.07, 6.45) is 6.40. The van der Waals surface area contributed by atoms with Gasteiger partial charge in [0.05, 0.1) is 10.6 Å². The fourth-order valence-corrected chi connectivity index (χ4v) is 2.55.